The SMILES string of the molecule is CCOC(=O)C=CC(=O)OC(C)C(=O)Nc1cc(Cl)ccc1OC. The van der Waals surface area contributed by atoms with Gasteiger partial charge in [-0.25, -0.2) is 9.59 Å². The van der Waals surface area contributed by atoms with Crippen molar-refractivity contribution in [2.24, 2.45) is 0 Å². The zero-order valence-corrected chi connectivity index (χ0v) is 14.3. The molecule has 1 aromatic carbocycles. The van der Waals surface area contributed by atoms with Gasteiger partial charge >= 0.3 is 11.9 Å². The number of halogens is 1. The fraction of sp³-hybridized carbons (Fsp3) is 0.312. The van der Waals surface area contributed by atoms with Crippen LogP contribution in [0, 0.1) is 0 Å². The van der Waals surface area contributed by atoms with E-state index in [1.54, 1.807) is 19.1 Å². The number of carbonyl (C=O) groups is 3. The molecule has 1 rings (SSSR count). The molecule has 1 unspecified atom stereocenters. The van der Waals surface area contributed by atoms with Crippen LogP contribution in [0.2, 0.25) is 5.02 Å². The van der Waals surface area contributed by atoms with Crippen molar-refractivity contribution in [1.29, 1.82) is 0 Å². The smallest absolute Gasteiger partial charge is 0.331 e. The summed E-state index contributed by atoms with van der Waals surface area (Å²) in [6, 6.07) is 4.71. The van der Waals surface area contributed by atoms with Gasteiger partial charge in [-0.05, 0) is 32.0 Å². The average Bonchev–Trinajstić information content (AvgIpc) is 2.53. The molecule has 1 atom stereocenters. The van der Waals surface area contributed by atoms with Crippen LogP contribution in [0.1, 0.15) is 13.8 Å². The predicted molar refractivity (Wildman–Crippen MR) is 88.0 cm³/mol. The normalized spacial score (nSPS) is 11.7. The van der Waals surface area contributed by atoms with E-state index in [-0.39, 0.29) is 6.61 Å². The summed E-state index contributed by atoms with van der Waals surface area (Å²) in [6.07, 6.45) is 0.728. The molecular formula is C16H18ClNO6. The molecule has 130 valence electrons. The lowest BCUT2D eigenvalue weighted by molar-refractivity contribution is -0.148. The summed E-state index contributed by atoms with van der Waals surface area (Å²) in [4.78, 5) is 34.7. The maximum absolute atomic E-state index is 12.1. The summed E-state index contributed by atoms with van der Waals surface area (Å²) in [7, 11) is 1.45. The quantitative estimate of drug-likeness (QED) is 0.596. The molecule has 0 fully saturated rings. The van der Waals surface area contributed by atoms with Gasteiger partial charge < -0.3 is 19.5 Å². The van der Waals surface area contributed by atoms with Crippen molar-refractivity contribution in [3.8, 4) is 5.75 Å². The van der Waals surface area contributed by atoms with Crippen molar-refractivity contribution >= 4 is 35.1 Å². The molecule has 0 aromatic heterocycles. The Morgan fingerprint density at radius 1 is 1.25 bits per heavy atom. The molecule has 0 radical (unpaired) electrons. The van der Waals surface area contributed by atoms with E-state index in [9.17, 15) is 14.4 Å². The molecule has 24 heavy (non-hydrogen) atoms. The number of nitrogens with one attached hydrogen (secondary N) is 1. The molecule has 0 aliphatic heterocycles. The van der Waals surface area contributed by atoms with Gasteiger partial charge in [-0.15, -0.1) is 0 Å². The summed E-state index contributed by atoms with van der Waals surface area (Å²) in [5, 5.41) is 2.96. The third-order valence-corrected chi connectivity index (χ3v) is 2.96. The molecule has 0 aliphatic rings. The first-order valence-corrected chi connectivity index (χ1v) is 7.45. The molecule has 0 heterocycles. The molecule has 1 aromatic rings. The minimum atomic E-state index is -1.09. The largest absolute Gasteiger partial charge is 0.495 e. The third kappa shape index (κ3) is 6.29. The predicted octanol–water partition coefficient (Wildman–Crippen LogP) is 2.34. The van der Waals surface area contributed by atoms with E-state index >= 15 is 0 Å². The lowest BCUT2D eigenvalue weighted by atomic mass is 10.2. The zero-order valence-electron chi connectivity index (χ0n) is 13.5. The molecular weight excluding hydrogens is 338 g/mol. The van der Waals surface area contributed by atoms with Gasteiger partial charge in [-0.2, -0.15) is 0 Å². The van der Waals surface area contributed by atoms with Crippen molar-refractivity contribution in [2.75, 3.05) is 19.0 Å². The van der Waals surface area contributed by atoms with Gasteiger partial charge in [0.25, 0.3) is 5.91 Å². The Labute approximate surface area is 144 Å². The van der Waals surface area contributed by atoms with Crippen molar-refractivity contribution in [2.45, 2.75) is 20.0 Å². The Hall–Kier alpha value is -2.54. The van der Waals surface area contributed by atoms with E-state index in [1.165, 1.54) is 20.1 Å². The molecule has 0 bridgehead atoms. The number of methoxy groups -OCH3 is 1. The Morgan fingerprint density at radius 3 is 2.54 bits per heavy atom. The van der Waals surface area contributed by atoms with Crippen LogP contribution < -0.4 is 10.1 Å². The summed E-state index contributed by atoms with van der Waals surface area (Å²) in [6.45, 7) is 3.22. The number of hydrogen-bond acceptors (Lipinski definition) is 6. The van der Waals surface area contributed by atoms with E-state index in [0.29, 0.717) is 16.5 Å². The molecule has 0 saturated carbocycles. The molecule has 0 saturated heterocycles. The maximum atomic E-state index is 12.1. The first kappa shape index (κ1) is 19.5. The molecule has 7 nitrogen and oxygen atoms in total. The highest BCUT2D eigenvalue weighted by molar-refractivity contribution is 6.31. The molecule has 8 heteroatoms. The van der Waals surface area contributed by atoms with Gasteiger partial charge in [-0.1, -0.05) is 11.6 Å². The highest BCUT2D eigenvalue weighted by atomic mass is 35.5. The Balaban J connectivity index is 2.64. The number of carbonyl (C=O) groups excluding carboxylic acids is 3. The van der Waals surface area contributed by atoms with Gasteiger partial charge in [0, 0.05) is 17.2 Å². The summed E-state index contributed by atoms with van der Waals surface area (Å²) < 4.78 is 14.6. The molecule has 1 amide bonds. The summed E-state index contributed by atoms with van der Waals surface area (Å²) in [5.41, 5.74) is 0.347. The van der Waals surface area contributed by atoms with Crippen LogP contribution in [0.3, 0.4) is 0 Å². The first-order valence-electron chi connectivity index (χ1n) is 7.07. The van der Waals surface area contributed by atoms with E-state index in [0.717, 1.165) is 12.2 Å². The van der Waals surface area contributed by atoms with E-state index in [4.69, 9.17) is 21.1 Å². The highest BCUT2D eigenvalue weighted by Crippen LogP contribution is 2.27. The van der Waals surface area contributed by atoms with E-state index < -0.39 is 23.9 Å². The molecule has 1 N–H and O–H groups in total. The third-order valence-electron chi connectivity index (χ3n) is 2.72. The van der Waals surface area contributed by atoms with Crippen LogP contribution in [0.25, 0.3) is 0 Å². The number of benzene rings is 1. The van der Waals surface area contributed by atoms with Crippen molar-refractivity contribution < 1.29 is 28.6 Å². The highest BCUT2D eigenvalue weighted by Gasteiger charge is 2.18. The van der Waals surface area contributed by atoms with Crippen LogP contribution in [0.15, 0.2) is 30.4 Å². The number of rotatable bonds is 7. The van der Waals surface area contributed by atoms with Crippen molar-refractivity contribution in [3.63, 3.8) is 0 Å². The Morgan fingerprint density at radius 2 is 1.92 bits per heavy atom. The topological polar surface area (TPSA) is 90.9 Å². The lowest BCUT2D eigenvalue weighted by Crippen LogP contribution is -2.29. The lowest BCUT2D eigenvalue weighted by Gasteiger charge is -2.14. The standard InChI is InChI=1S/C16H18ClNO6/c1-4-23-14(19)7-8-15(20)24-10(2)16(21)18-12-9-11(17)5-6-13(12)22-3/h5-10H,4H2,1-3H3,(H,18,21). The second-order valence-electron chi connectivity index (χ2n) is 4.50. The van der Waals surface area contributed by atoms with Gasteiger partial charge in [-0.3, -0.25) is 4.79 Å². The van der Waals surface area contributed by atoms with Crippen molar-refractivity contribution in [3.05, 3.63) is 35.4 Å². The fourth-order valence-electron chi connectivity index (χ4n) is 1.61. The van der Waals surface area contributed by atoms with Crippen LogP contribution >= 0.6 is 11.6 Å². The van der Waals surface area contributed by atoms with Crippen LogP contribution in [0.5, 0.6) is 5.75 Å². The zero-order chi connectivity index (χ0) is 18.1. The number of ether oxygens (including phenoxy) is 3. The monoisotopic (exact) mass is 355 g/mol. The average molecular weight is 356 g/mol. The minimum absolute atomic E-state index is 0.193. The fourth-order valence-corrected chi connectivity index (χ4v) is 1.78. The number of hydrogen-bond donors (Lipinski definition) is 1. The van der Waals surface area contributed by atoms with Crippen LogP contribution in [0.4, 0.5) is 5.69 Å². The first-order chi connectivity index (χ1) is 11.4. The summed E-state index contributed by atoms with van der Waals surface area (Å²) in [5.74, 6) is -1.68. The minimum Gasteiger partial charge on any atom is -0.495 e. The van der Waals surface area contributed by atoms with Gasteiger partial charge in [0.1, 0.15) is 5.75 Å². The molecule has 0 spiro atoms. The second kappa shape index (κ2) is 9.57. The Bertz CT molecular complexity index is 643. The number of anilines is 1. The van der Waals surface area contributed by atoms with Gasteiger partial charge in [0.05, 0.1) is 19.4 Å². The number of esters is 2. The second-order valence-corrected chi connectivity index (χ2v) is 4.93. The van der Waals surface area contributed by atoms with Crippen molar-refractivity contribution in [1.82, 2.24) is 0 Å². The van der Waals surface area contributed by atoms with E-state index in [1.807, 2.05) is 0 Å². The number of amides is 1. The Kier molecular flexibility index (Phi) is 7.77. The maximum Gasteiger partial charge on any atom is 0.331 e. The van der Waals surface area contributed by atoms with Gasteiger partial charge in [0.2, 0.25) is 0 Å². The molecule has 0 aliphatic carbocycles. The van der Waals surface area contributed by atoms with Crippen LogP contribution in [-0.4, -0.2) is 37.7 Å². The van der Waals surface area contributed by atoms with Crippen LogP contribution in [-0.2, 0) is 23.9 Å². The van der Waals surface area contributed by atoms with Gasteiger partial charge in [0.15, 0.2) is 6.10 Å². The summed E-state index contributed by atoms with van der Waals surface area (Å²) >= 11 is 5.87. The van der Waals surface area contributed by atoms with E-state index in [2.05, 4.69) is 10.1 Å².